The second-order valence-electron chi connectivity index (χ2n) is 6.43. The molecular formula is C21H18ClN3OS2. The van der Waals surface area contributed by atoms with Crippen LogP contribution in [0.15, 0.2) is 47.8 Å². The number of anilines is 1. The van der Waals surface area contributed by atoms with E-state index in [0.29, 0.717) is 16.7 Å². The number of carbonyl (C=O) groups excluding carboxylic acids is 1. The van der Waals surface area contributed by atoms with E-state index >= 15 is 0 Å². The van der Waals surface area contributed by atoms with E-state index in [-0.39, 0.29) is 12.3 Å². The Hall–Kier alpha value is -2.28. The van der Waals surface area contributed by atoms with Gasteiger partial charge in [0.15, 0.2) is 5.13 Å². The van der Waals surface area contributed by atoms with Crippen LogP contribution in [0.4, 0.5) is 5.13 Å². The number of aromatic nitrogens is 2. The van der Waals surface area contributed by atoms with E-state index in [1.165, 1.54) is 16.9 Å². The van der Waals surface area contributed by atoms with Crippen molar-refractivity contribution in [2.45, 2.75) is 20.3 Å². The number of amides is 1. The molecule has 0 N–H and O–H groups in total. The summed E-state index contributed by atoms with van der Waals surface area (Å²) in [7, 11) is 0. The normalized spacial score (nSPS) is 11.1. The molecule has 7 heteroatoms. The minimum Gasteiger partial charge on any atom is -0.288 e. The van der Waals surface area contributed by atoms with Gasteiger partial charge in [-0.3, -0.25) is 9.69 Å². The minimum absolute atomic E-state index is 0.00610. The first-order chi connectivity index (χ1) is 13.5. The van der Waals surface area contributed by atoms with Crippen LogP contribution >= 0.6 is 34.3 Å². The summed E-state index contributed by atoms with van der Waals surface area (Å²) in [5.74, 6) is -0.00610. The summed E-state index contributed by atoms with van der Waals surface area (Å²) in [6, 6.07) is 13.9. The molecule has 0 fully saturated rings. The molecule has 4 rings (SSSR count). The van der Waals surface area contributed by atoms with Crippen molar-refractivity contribution in [1.29, 1.82) is 0 Å². The van der Waals surface area contributed by atoms with Crippen LogP contribution in [0.5, 0.6) is 0 Å². The number of hydrogen-bond acceptors (Lipinski definition) is 5. The highest BCUT2D eigenvalue weighted by molar-refractivity contribution is 7.22. The molecule has 0 atom stereocenters. The highest BCUT2D eigenvalue weighted by Crippen LogP contribution is 2.31. The van der Waals surface area contributed by atoms with Gasteiger partial charge in [0.1, 0.15) is 5.01 Å². The Labute approximate surface area is 176 Å². The van der Waals surface area contributed by atoms with Crippen molar-refractivity contribution in [2.75, 3.05) is 11.4 Å². The van der Waals surface area contributed by atoms with Crippen LogP contribution in [0.2, 0.25) is 5.02 Å². The minimum atomic E-state index is -0.00610. The number of aryl methyl sites for hydroxylation is 1. The first kappa shape index (κ1) is 19.1. The molecule has 2 aromatic heterocycles. The lowest BCUT2D eigenvalue weighted by Crippen LogP contribution is -2.31. The molecule has 4 nitrogen and oxygen atoms in total. The quantitative estimate of drug-likeness (QED) is 0.393. The Balaban J connectivity index is 1.53. The SMILES string of the molecule is CCN(C(=O)Cc1csc(-c2ccc(C)cc2)n1)c1nc2cc(Cl)ccc2s1. The van der Waals surface area contributed by atoms with Crippen molar-refractivity contribution < 1.29 is 4.79 Å². The largest absolute Gasteiger partial charge is 0.288 e. The van der Waals surface area contributed by atoms with Crippen molar-refractivity contribution in [3.63, 3.8) is 0 Å². The number of nitrogens with zero attached hydrogens (tertiary/aromatic N) is 3. The van der Waals surface area contributed by atoms with Gasteiger partial charge in [-0.25, -0.2) is 9.97 Å². The fourth-order valence-corrected chi connectivity index (χ4v) is 4.91. The molecule has 0 aliphatic rings. The third-order valence-corrected chi connectivity index (χ3v) is 6.60. The van der Waals surface area contributed by atoms with Crippen molar-refractivity contribution >= 4 is 55.5 Å². The molecule has 0 aliphatic heterocycles. The number of likely N-dealkylation sites (N-methyl/N-ethyl adjacent to an activating group) is 1. The lowest BCUT2D eigenvalue weighted by molar-refractivity contribution is -0.118. The molecule has 28 heavy (non-hydrogen) atoms. The number of fused-ring (bicyclic) bond motifs is 1. The third kappa shape index (κ3) is 3.94. The Morgan fingerprint density at radius 2 is 1.93 bits per heavy atom. The fraction of sp³-hybridized carbons (Fsp3) is 0.190. The molecule has 0 aliphatic carbocycles. The van der Waals surface area contributed by atoms with Gasteiger partial charge in [0.05, 0.1) is 22.3 Å². The summed E-state index contributed by atoms with van der Waals surface area (Å²) in [6.07, 6.45) is 0.257. The number of benzene rings is 2. The molecule has 4 aromatic rings. The number of carbonyl (C=O) groups is 1. The van der Waals surface area contributed by atoms with Crippen LogP contribution in [0.3, 0.4) is 0 Å². The van der Waals surface area contributed by atoms with Gasteiger partial charge >= 0.3 is 0 Å². The van der Waals surface area contributed by atoms with Gasteiger partial charge in [0.25, 0.3) is 0 Å². The topological polar surface area (TPSA) is 46.1 Å². The first-order valence-electron chi connectivity index (χ1n) is 8.91. The average Bonchev–Trinajstić information content (AvgIpc) is 3.29. The second kappa shape index (κ2) is 7.99. The van der Waals surface area contributed by atoms with E-state index in [0.717, 1.165) is 26.5 Å². The van der Waals surface area contributed by atoms with Gasteiger partial charge in [-0.05, 0) is 32.0 Å². The third-order valence-electron chi connectivity index (χ3n) is 4.37. The Kier molecular flexibility index (Phi) is 5.44. The zero-order chi connectivity index (χ0) is 19.7. The van der Waals surface area contributed by atoms with Crippen molar-refractivity contribution in [3.8, 4) is 10.6 Å². The van der Waals surface area contributed by atoms with E-state index < -0.39 is 0 Å². The second-order valence-corrected chi connectivity index (χ2v) is 8.74. The van der Waals surface area contributed by atoms with E-state index in [1.807, 2.05) is 30.5 Å². The van der Waals surface area contributed by atoms with Crippen LogP contribution in [-0.2, 0) is 11.2 Å². The number of halogens is 1. The van der Waals surface area contributed by atoms with Crippen molar-refractivity contribution in [1.82, 2.24) is 9.97 Å². The van der Waals surface area contributed by atoms with Gasteiger partial charge in [0.2, 0.25) is 5.91 Å². The summed E-state index contributed by atoms with van der Waals surface area (Å²) >= 11 is 9.11. The van der Waals surface area contributed by atoms with E-state index in [9.17, 15) is 4.79 Å². The molecule has 0 unspecified atom stereocenters. The first-order valence-corrected chi connectivity index (χ1v) is 11.0. The zero-order valence-corrected chi connectivity index (χ0v) is 17.9. The smallest absolute Gasteiger partial charge is 0.234 e. The molecule has 2 heterocycles. The van der Waals surface area contributed by atoms with Crippen LogP contribution in [0.1, 0.15) is 18.2 Å². The molecule has 0 radical (unpaired) electrons. The molecular weight excluding hydrogens is 410 g/mol. The maximum Gasteiger partial charge on any atom is 0.234 e. The van der Waals surface area contributed by atoms with Crippen LogP contribution in [0, 0.1) is 6.92 Å². The summed E-state index contributed by atoms with van der Waals surface area (Å²) < 4.78 is 1.01. The summed E-state index contributed by atoms with van der Waals surface area (Å²) in [6.45, 7) is 4.57. The predicted octanol–water partition coefficient (Wildman–Crippen LogP) is 5.98. The highest BCUT2D eigenvalue weighted by atomic mass is 35.5. The molecule has 1 amide bonds. The average molecular weight is 428 g/mol. The van der Waals surface area contributed by atoms with Gasteiger partial charge in [0, 0.05) is 22.5 Å². The number of thiazole rings is 2. The highest BCUT2D eigenvalue weighted by Gasteiger charge is 2.20. The van der Waals surface area contributed by atoms with Crippen LogP contribution < -0.4 is 4.90 Å². The standard InChI is InChI=1S/C21H18ClN3OS2/c1-3-25(21-24-17-10-15(22)8-9-18(17)28-21)19(26)11-16-12-27-20(23-16)14-6-4-13(2)5-7-14/h4-10,12H,3,11H2,1-2H3. The summed E-state index contributed by atoms with van der Waals surface area (Å²) in [5.41, 5.74) is 3.89. The van der Waals surface area contributed by atoms with Crippen LogP contribution in [-0.4, -0.2) is 22.4 Å². The zero-order valence-electron chi connectivity index (χ0n) is 15.5. The Morgan fingerprint density at radius 1 is 1.14 bits per heavy atom. The lowest BCUT2D eigenvalue weighted by Gasteiger charge is -2.16. The predicted molar refractivity (Wildman–Crippen MR) is 119 cm³/mol. The molecule has 142 valence electrons. The van der Waals surface area contributed by atoms with E-state index in [2.05, 4.69) is 41.2 Å². The Morgan fingerprint density at radius 3 is 2.68 bits per heavy atom. The maximum atomic E-state index is 12.9. The molecule has 0 spiro atoms. The molecule has 0 saturated carbocycles. The van der Waals surface area contributed by atoms with Gasteiger partial charge in [-0.15, -0.1) is 11.3 Å². The molecule has 0 saturated heterocycles. The summed E-state index contributed by atoms with van der Waals surface area (Å²) in [5, 5.41) is 4.23. The van der Waals surface area contributed by atoms with E-state index in [1.54, 1.807) is 16.2 Å². The van der Waals surface area contributed by atoms with Crippen molar-refractivity contribution in [3.05, 3.63) is 64.1 Å². The van der Waals surface area contributed by atoms with Gasteiger partial charge < -0.3 is 0 Å². The lowest BCUT2D eigenvalue weighted by atomic mass is 10.2. The number of hydrogen-bond donors (Lipinski definition) is 0. The molecule has 0 bridgehead atoms. The Bertz CT molecular complexity index is 1130. The maximum absolute atomic E-state index is 12.9. The van der Waals surface area contributed by atoms with Crippen LogP contribution in [0.25, 0.3) is 20.8 Å². The van der Waals surface area contributed by atoms with Gasteiger partial charge in [-0.1, -0.05) is 52.8 Å². The van der Waals surface area contributed by atoms with E-state index in [4.69, 9.17) is 11.6 Å². The fourth-order valence-electron chi connectivity index (χ4n) is 2.89. The summed E-state index contributed by atoms with van der Waals surface area (Å²) in [4.78, 5) is 23.9. The molecule has 2 aromatic carbocycles. The van der Waals surface area contributed by atoms with Gasteiger partial charge in [-0.2, -0.15) is 0 Å². The monoisotopic (exact) mass is 427 g/mol. The van der Waals surface area contributed by atoms with Crippen molar-refractivity contribution in [2.24, 2.45) is 0 Å². The number of rotatable bonds is 5.